The fraction of sp³-hybridized carbons (Fsp3) is 0.429. The van der Waals surface area contributed by atoms with Gasteiger partial charge in [-0.3, -0.25) is 9.69 Å². The first-order chi connectivity index (χ1) is 20.8. The molecule has 3 aromatic rings. The summed E-state index contributed by atoms with van der Waals surface area (Å²) >= 11 is 1.60. The molecule has 1 aliphatic rings. The summed E-state index contributed by atoms with van der Waals surface area (Å²) in [6.45, 7) is 3.73. The molecule has 0 heterocycles. The Morgan fingerprint density at radius 3 is 2.47 bits per heavy atom. The van der Waals surface area contributed by atoms with E-state index in [0.717, 1.165) is 47.7 Å². The van der Waals surface area contributed by atoms with Crippen LogP contribution in [0.5, 0.6) is 0 Å². The van der Waals surface area contributed by atoms with Gasteiger partial charge in [-0.1, -0.05) is 55.7 Å². The van der Waals surface area contributed by atoms with E-state index in [4.69, 9.17) is 4.74 Å². The highest BCUT2D eigenvalue weighted by molar-refractivity contribution is 7.98. The molecule has 1 atom stereocenters. The average molecular weight is 609 g/mol. The fourth-order valence-electron chi connectivity index (χ4n) is 5.92. The molecule has 1 saturated carbocycles. The van der Waals surface area contributed by atoms with Gasteiger partial charge in [0.15, 0.2) is 0 Å². The van der Waals surface area contributed by atoms with E-state index in [1.807, 2.05) is 55.6 Å². The van der Waals surface area contributed by atoms with Crippen LogP contribution in [0.3, 0.4) is 0 Å². The Kier molecular flexibility index (Phi) is 12.2. The molecule has 4 rings (SSSR count). The molecule has 3 aromatic carbocycles. The summed E-state index contributed by atoms with van der Waals surface area (Å²) in [4.78, 5) is 28.3. The zero-order valence-electron chi connectivity index (χ0n) is 25.3. The third kappa shape index (κ3) is 9.13. The lowest BCUT2D eigenvalue weighted by Gasteiger charge is -2.30. The zero-order chi connectivity index (χ0) is 30.8. The van der Waals surface area contributed by atoms with E-state index in [-0.39, 0.29) is 5.91 Å². The number of hydrogen-bond donors (Lipinski definition) is 1. The molecule has 1 unspecified atom stereocenters. The van der Waals surface area contributed by atoms with Crippen molar-refractivity contribution in [2.45, 2.75) is 64.6 Å². The summed E-state index contributed by atoms with van der Waals surface area (Å²) < 4.78 is 33.3. The molecule has 1 fully saturated rings. The number of thioether (sulfide) groups is 1. The van der Waals surface area contributed by atoms with Crippen LogP contribution < -0.4 is 5.32 Å². The number of carbonyl (C=O) groups is 2. The monoisotopic (exact) mass is 608 g/mol. The van der Waals surface area contributed by atoms with Crippen LogP contribution in [-0.2, 0) is 22.6 Å². The molecular weight excluding hydrogens is 566 g/mol. The number of halogens is 2. The largest absolute Gasteiger partial charge is 0.467 e. The summed E-state index contributed by atoms with van der Waals surface area (Å²) in [5.74, 6) is -0.705. The van der Waals surface area contributed by atoms with Crippen molar-refractivity contribution >= 4 is 23.6 Å². The van der Waals surface area contributed by atoms with Crippen molar-refractivity contribution < 1.29 is 23.1 Å². The van der Waals surface area contributed by atoms with Gasteiger partial charge in [0.25, 0.3) is 5.91 Å². The van der Waals surface area contributed by atoms with Crippen LogP contribution in [0.2, 0.25) is 0 Å². The number of rotatable bonds is 13. The first-order valence-corrected chi connectivity index (χ1v) is 16.4. The third-order valence-corrected chi connectivity index (χ3v) is 8.87. The second-order valence-corrected chi connectivity index (χ2v) is 12.4. The van der Waals surface area contributed by atoms with E-state index in [2.05, 4.69) is 10.2 Å². The first-order valence-electron chi connectivity index (χ1n) is 15.0. The molecule has 5 nitrogen and oxygen atoms in total. The standard InChI is InChI=1S/C35H42F2N2O3S/c1-24-9-7-8-12-29(24)31-19-26(13-16-30(31)34(40)38-33(17-18-43-3)35(41)42-2)22-39(21-25-10-5-4-6-11-25)23-27-14-15-28(36)20-32(27)37/h7-9,12-16,19-20,25,33H,4-6,10-11,17-18,21-23H2,1-3H3,(H,38,40). The van der Waals surface area contributed by atoms with Crippen molar-refractivity contribution in [3.63, 3.8) is 0 Å². The van der Waals surface area contributed by atoms with E-state index in [9.17, 15) is 18.4 Å². The minimum absolute atomic E-state index is 0.339. The summed E-state index contributed by atoms with van der Waals surface area (Å²) in [6.07, 6.45) is 8.37. The van der Waals surface area contributed by atoms with Gasteiger partial charge in [-0.2, -0.15) is 11.8 Å². The van der Waals surface area contributed by atoms with Crippen molar-refractivity contribution in [1.82, 2.24) is 10.2 Å². The molecule has 230 valence electrons. The zero-order valence-corrected chi connectivity index (χ0v) is 26.2. The number of methoxy groups -OCH3 is 1. The van der Waals surface area contributed by atoms with Gasteiger partial charge in [0.2, 0.25) is 0 Å². The van der Waals surface area contributed by atoms with Crippen molar-refractivity contribution in [2.24, 2.45) is 5.92 Å². The van der Waals surface area contributed by atoms with Crippen LogP contribution >= 0.6 is 11.8 Å². The number of ether oxygens (including phenoxy) is 1. The van der Waals surface area contributed by atoms with Gasteiger partial charge in [0, 0.05) is 36.8 Å². The van der Waals surface area contributed by atoms with Gasteiger partial charge in [-0.25, -0.2) is 13.6 Å². The van der Waals surface area contributed by atoms with Gasteiger partial charge in [0.1, 0.15) is 17.7 Å². The van der Waals surface area contributed by atoms with Crippen LogP contribution in [0.1, 0.15) is 65.6 Å². The smallest absolute Gasteiger partial charge is 0.328 e. The Labute approximate surface area is 258 Å². The average Bonchev–Trinajstić information content (AvgIpc) is 3.00. The fourth-order valence-corrected chi connectivity index (χ4v) is 6.39. The molecule has 0 bridgehead atoms. The molecule has 0 saturated heterocycles. The maximum absolute atomic E-state index is 14.7. The Balaban J connectivity index is 1.66. The highest BCUT2D eigenvalue weighted by Gasteiger charge is 2.25. The third-order valence-electron chi connectivity index (χ3n) is 8.22. The maximum atomic E-state index is 14.7. The lowest BCUT2D eigenvalue weighted by molar-refractivity contribution is -0.142. The van der Waals surface area contributed by atoms with E-state index in [1.54, 1.807) is 11.8 Å². The van der Waals surface area contributed by atoms with Crippen molar-refractivity contribution in [2.75, 3.05) is 25.7 Å². The molecule has 0 radical (unpaired) electrons. The molecule has 8 heteroatoms. The number of benzene rings is 3. The van der Waals surface area contributed by atoms with Crippen molar-refractivity contribution in [1.29, 1.82) is 0 Å². The topological polar surface area (TPSA) is 58.6 Å². The Morgan fingerprint density at radius 1 is 1.00 bits per heavy atom. The lowest BCUT2D eigenvalue weighted by Crippen LogP contribution is -2.42. The van der Waals surface area contributed by atoms with E-state index >= 15 is 0 Å². The molecule has 0 aliphatic heterocycles. The predicted octanol–water partition coefficient (Wildman–Crippen LogP) is 7.55. The summed E-state index contributed by atoms with van der Waals surface area (Å²) in [6, 6.07) is 16.7. The highest BCUT2D eigenvalue weighted by atomic mass is 32.2. The number of esters is 1. The minimum atomic E-state index is -0.745. The first kappa shape index (κ1) is 32.7. The van der Waals surface area contributed by atoms with E-state index in [1.165, 1.54) is 38.5 Å². The molecule has 0 aromatic heterocycles. The van der Waals surface area contributed by atoms with Crippen LogP contribution in [0.15, 0.2) is 60.7 Å². The van der Waals surface area contributed by atoms with Gasteiger partial charge < -0.3 is 10.1 Å². The van der Waals surface area contributed by atoms with Gasteiger partial charge in [-0.15, -0.1) is 0 Å². The summed E-state index contributed by atoms with van der Waals surface area (Å²) in [7, 11) is 1.32. The van der Waals surface area contributed by atoms with Crippen molar-refractivity contribution in [3.05, 3.63) is 94.6 Å². The molecule has 0 spiro atoms. The molecule has 43 heavy (non-hydrogen) atoms. The normalized spacial score (nSPS) is 14.5. The molecule has 1 aliphatic carbocycles. The quantitative estimate of drug-likeness (QED) is 0.203. The number of aryl methyl sites for hydroxylation is 1. The SMILES string of the molecule is COC(=O)C(CCSC)NC(=O)c1ccc(CN(Cc2ccc(F)cc2F)CC2CCCCC2)cc1-c1ccccc1C. The van der Waals surface area contributed by atoms with Crippen LogP contribution in [0.25, 0.3) is 11.1 Å². The Hall–Kier alpha value is -3.23. The number of nitrogens with one attached hydrogen (secondary N) is 1. The molecule has 1 amide bonds. The second-order valence-electron chi connectivity index (χ2n) is 11.4. The number of amides is 1. The maximum Gasteiger partial charge on any atom is 0.328 e. The van der Waals surface area contributed by atoms with Gasteiger partial charge >= 0.3 is 5.97 Å². The van der Waals surface area contributed by atoms with Gasteiger partial charge in [0.05, 0.1) is 7.11 Å². The summed E-state index contributed by atoms with van der Waals surface area (Å²) in [5, 5.41) is 2.90. The lowest BCUT2D eigenvalue weighted by atomic mass is 9.88. The molecule has 1 N–H and O–H groups in total. The van der Waals surface area contributed by atoms with Crippen molar-refractivity contribution in [3.8, 4) is 11.1 Å². The highest BCUT2D eigenvalue weighted by Crippen LogP contribution is 2.30. The number of nitrogens with zero attached hydrogens (tertiary/aromatic N) is 1. The van der Waals surface area contributed by atoms with Crippen LogP contribution in [-0.4, -0.2) is 48.5 Å². The second kappa shape index (κ2) is 16.0. The minimum Gasteiger partial charge on any atom is -0.467 e. The number of hydrogen-bond acceptors (Lipinski definition) is 5. The van der Waals surface area contributed by atoms with E-state index < -0.39 is 23.6 Å². The van der Waals surface area contributed by atoms with Gasteiger partial charge in [-0.05, 0) is 84.6 Å². The van der Waals surface area contributed by atoms with Crippen LogP contribution in [0, 0.1) is 24.5 Å². The summed E-state index contributed by atoms with van der Waals surface area (Å²) in [5.41, 5.74) is 4.64. The predicted molar refractivity (Wildman–Crippen MR) is 170 cm³/mol. The van der Waals surface area contributed by atoms with Crippen LogP contribution in [0.4, 0.5) is 8.78 Å². The molecular formula is C35H42F2N2O3S. The Morgan fingerprint density at radius 2 is 1.77 bits per heavy atom. The number of carbonyl (C=O) groups excluding carboxylic acids is 2. The Bertz CT molecular complexity index is 1390. The van der Waals surface area contributed by atoms with E-state index in [0.29, 0.717) is 42.3 Å².